The van der Waals surface area contributed by atoms with Crippen LogP contribution in [0.25, 0.3) is 0 Å². The van der Waals surface area contributed by atoms with E-state index in [4.69, 9.17) is 21.1 Å². The molecule has 0 fully saturated rings. The SMILES string of the molecule is CCOC(=O)c1cc(NS(=O)(=O)c2cc(C(C)C)c(OC)cc2C)ccc1Cl. The molecule has 2 aromatic carbocycles. The summed E-state index contributed by atoms with van der Waals surface area (Å²) in [7, 11) is -2.34. The summed E-state index contributed by atoms with van der Waals surface area (Å²) in [4.78, 5) is 12.1. The van der Waals surface area contributed by atoms with Crippen LogP contribution in [-0.2, 0) is 14.8 Å². The summed E-state index contributed by atoms with van der Waals surface area (Å²) in [6, 6.07) is 7.62. The van der Waals surface area contributed by atoms with Gasteiger partial charge in [0.1, 0.15) is 5.75 Å². The van der Waals surface area contributed by atoms with Gasteiger partial charge in [0.05, 0.1) is 29.2 Å². The Morgan fingerprint density at radius 2 is 1.89 bits per heavy atom. The van der Waals surface area contributed by atoms with E-state index in [1.54, 1.807) is 33.1 Å². The summed E-state index contributed by atoms with van der Waals surface area (Å²) in [5.41, 5.74) is 1.65. The molecule has 0 spiro atoms. The van der Waals surface area contributed by atoms with E-state index in [1.807, 2.05) is 13.8 Å². The van der Waals surface area contributed by atoms with Gasteiger partial charge in [-0.2, -0.15) is 0 Å². The molecule has 0 saturated heterocycles. The standard InChI is InChI=1S/C20H24ClNO5S/c1-6-27-20(23)16-10-14(7-8-17(16)21)22-28(24,25)19-11-15(12(2)3)18(26-5)9-13(19)4/h7-12,22H,6H2,1-5H3. The molecule has 0 aliphatic carbocycles. The zero-order valence-electron chi connectivity index (χ0n) is 16.5. The Kier molecular flexibility index (Phi) is 6.96. The molecule has 0 heterocycles. The number of carbonyl (C=O) groups is 1. The number of nitrogens with one attached hydrogen (secondary N) is 1. The number of methoxy groups -OCH3 is 1. The van der Waals surface area contributed by atoms with Crippen molar-refractivity contribution in [2.75, 3.05) is 18.4 Å². The Morgan fingerprint density at radius 3 is 2.46 bits per heavy atom. The molecule has 6 nitrogen and oxygen atoms in total. The van der Waals surface area contributed by atoms with Gasteiger partial charge in [-0.1, -0.05) is 25.4 Å². The van der Waals surface area contributed by atoms with E-state index in [2.05, 4.69) is 4.72 Å². The molecular formula is C20H24ClNO5S. The normalized spacial score (nSPS) is 11.4. The second-order valence-corrected chi connectivity index (χ2v) is 8.59. The van der Waals surface area contributed by atoms with Crippen molar-refractivity contribution in [3.8, 4) is 5.75 Å². The molecule has 0 saturated carbocycles. The van der Waals surface area contributed by atoms with E-state index in [-0.39, 0.29) is 33.7 Å². The first-order valence-electron chi connectivity index (χ1n) is 8.78. The van der Waals surface area contributed by atoms with Crippen LogP contribution >= 0.6 is 11.6 Å². The second-order valence-electron chi connectivity index (χ2n) is 6.53. The fourth-order valence-electron chi connectivity index (χ4n) is 2.76. The lowest BCUT2D eigenvalue weighted by Gasteiger charge is -2.17. The zero-order valence-corrected chi connectivity index (χ0v) is 18.1. The number of anilines is 1. The van der Waals surface area contributed by atoms with Gasteiger partial charge in [0, 0.05) is 5.69 Å². The lowest BCUT2D eigenvalue weighted by atomic mass is 10.0. The summed E-state index contributed by atoms with van der Waals surface area (Å²) in [6.45, 7) is 7.49. The molecule has 0 bridgehead atoms. The summed E-state index contributed by atoms with van der Waals surface area (Å²) >= 11 is 6.04. The van der Waals surface area contributed by atoms with Gasteiger partial charge in [-0.25, -0.2) is 13.2 Å². The first-order chi connectivity index (χ1) is 13.1. The minimum absolute atomic E-state index is 0.0791. The van der Waals surface area contributed by atoms with E-state index in [0.29, 0.717) is 11.3 Å². The number of esters is 1. The van der Waals surface area contributed by atoms with Crippen molar-refractivity contribution in [1.29, 1.82) is 0 Å². The van der Waals surface area contributed by atoms with Crippen LogP contribution in [0.2, 0.25) is 5.02 Å². The third-order valence-corrected chi connectivity index (χ3v) is 6.01. The smallest absolute Gasteiger partial charge is 0.339 e. The number of hydrogen-bond donors (Lipinski definition) is 1. The second kappa shape index (κ2) is 8.84. The topological polar surface area (TPSA) is 81.7 Å². The Bertz CT molecular complexity index is 986. The van der Waals surface area contributed by atoms with Gasteiger partial charge in [-0.05, 0) is 61.2 Å². The van der Waals surface area contributed by atoms with E-state index in [1.165, 1.54) is 18.2 Å². The number of halogens is 1. The summed E-state index contributed by atoms with van der Waals surface area (Å²) in [6.07, 6.45) is 0. The Balaban J connectivity index is 2.46. The molecule has 8 heteroatoms. The minimum atomic E-state index is -3.89. The molecule has 28 heavy (non-hydrogen) atoms. The van der Waals surface area contributed by atoms with Gasteiger partial charge >= 0.3 is 5.97 Å². The molecule has 2 aromatic rings. The molecule has 0 unspecified atom stereocenters. The molecule has 0 aromatic heterocycles. The molecule has 1 N–H and O–H groups in total. The van der Waals surface area contributed by atoms with Gasteiger partial charge in [-0.15, -0.1) is 0 Å². The minimum Gasteiger partial charge on any atom is -0.496 e. The van der Waals surface area contributed by atoms with Crippen LogP contribution in [0.4, 0.5) is 5.69 Å². The summed E-state index contributed by atoms with van der Waals surface area (Å²) < 4.78 is 38.8. The highest BCUT2D eigenvalue weighted by molar-refractivity contribution is 7.92. The van der Waals surface area contributed by atoms with E-state index in [9.17, 15) is 13.2 Å². The number of hydrogen-bond acceptors (Lipinski definition) is 5. The highest BCUT2D eigenvalue weighted by Crippen LogP contribution is 2.32. The van der Waals surface area contributed by atoms with Crippen LogP contribution in [0.15, 0.2) is 35.2 Å². The quantitative estimate of drug-likeness (QED) is 0.647. The highest BCUT2D eigenvalue weighted by atomic mass is 35.5. The van der Waals surface area contributed by atoms with Gasteiger partial charge in [0.2, 0.25) is 0 Å². The molecular weight excluding hydrogens is 402 g/mol. The number of sulfonamides is 1. The number of ether oxygens (including phenoxy) is 2. The molecule has 152 valence electrons. The lowest BCUT2D eigenvalue weighted by Crippen LogP contribution is -2.16. The van der Waals surface area contributed by atoms with Crippen LogP contribution in [-0.4, -0.2) is 28.1 Å². The molecule has 0 radical (unpaired) electrons. The Labute approximate surface area is 170 Å². The Morgan fingerprint density at radius 1 is 1.21 bits per heavy atom. The lowest BCUT2D eigenvalue weighted by molar-refractivity contribution is 0.0526. The average molecular weight is 426 g/mol. The van der Waals surface area contributed by atoms with Crippen molar-refractivity contribution in [3.05, 3.63) is 52.0 Å². The van der Waals surface area contributed by atoms with Gasteiger partial charge in [0.15, 0.2) is 0 Å². The van der Waals surface area contributed by atoms with Crippen molar-refractivity contribution in [2.24, 2.45) is 0 Å². The largest absolute Gasteiger partial charge is 0.496 e. The van der Waals surface area contributed by atoms with Gasteiger partial charge < -0.3 is 9.47 Å². The maximum Gasteiger partial charge on any atom is 0.339 e. The molecule has 0 aliphatic rings. The maximum atomic E-state index is 13.0. The van der Waals surface area contributed by atoms with Crippen molar-refractivity contribution in [2.45, 2.75) is 38.5 Å². The zero-order chi connectivity index (χ0) is 21.1. The maximum absolute atomic E-state index is 13.0. The van der Waals surface area contributed by atoms with Gasteiger partial charge in [-0.3, -0.25) is 4.72 Å². The summed E-state index contributed by atoms with van der Waals surface area (Å²) in [5, 5.41) is 0.184. The van der Waals surface area contributed by atoms with E-state index < -0.39 is 16.0 Å². The number of carbonyl (C=O) groups excluding carboxylic acids is 1. The third kappa shape index (κ3) is 4.77. The first kappa shape index (κ1) is 22.0. The molecule has 0 amide bonds. The van der Waals surface area contributed by atoms with Crippen molar-refractivity contribution in [1.82, 2.24) is 0 Å². The van der Waals surface area contributed by atoms with Crippen LogP contribution in [0.1, 0.15) is 48.2 Å². The fraction of sp³-hybridized carbons (Fsp3) is 0.350. The fourth-order valence-corrected chi connectivity index (χ4v) is 4.27. The van der Waals surface area contributed by atoms with E-state index >= 15 is 0 Å². The van der Waals surface area contributed by atoms with Gasteiger partial charge in [0.25, 0.3) is 10.0 Å². The monoisotopic (exact) mass is 425 g/mol. The highest BCUT2D eigenvalue weighted by Gasteiger charge is 2.22. The average Bonchev–Trinajstić information content (AvgIpc) is 2.62. The Hall–Kier alpha value is -2.25. The molecule has 0 aliphatic heterocycles. The molecule has 0 atom stereocenters. The van der Waals surface area contributed by atoms with Crippen molar-refractivity contribution < 1.29 is 22.7 Å². The number of benzene rings is 2. The van der Waals surface area contributed by atoms with Crippen LogP contribution < -0.4 is 9.46 Å². The van der Waals surface area contributed by atoms with Crippen molar-refractivity contribution in [3.63, 3.8) is 0 Å². The third-order valence-electron chi connectivity index (χ3n) is 4.15. The summed E-state index contributed by atoms with van der Waals surface area (Å²) in [5.74, 6) is 0.106. The van der Waals surface area contributed by atoms with E-state index in [0.717, 1.165) is 5.56 Å². The van der Waals surface area contributed by atoms with Crippen LogP contribution in [0.3, 0.4) is 0 Å². The molecule has 2 rings (SSSR count). The van der Waals surface area contributed by atoms with Crippen LogP contribution in [0.5, 0.6) is 5.75 Å². The predicted molar refractivity (Wildman–Crippen MR) is 110 cm³/mol. The predicted octanol–water partition coefficient (Wildman–Crippen LogP) is 4.76. The first-order valence-corrected chi connectivity index (χ1v) is 10.6. The van der Waals surface area contributed by atoms with Crippen LogP contribution in [0, 0.1) is 6.92 Å². The van der Waals surface area contributed by atoms with Crippen molar-refractivity contribution >= 4 is 33.3 Å². The number of aryl methyl sites for hydroxylation is 1. The number of rotatable bonds is 7.